The highest BCUT2D eigenvalue weighted by atomic mass is 79.9. The van der Waals surface area contributed by atoms with Crippen molar-refractivity contribution in [1.29, 1.82) is 0 Å². The van der Waals surface area contributed by atoms with Gasteiger partial charge in [-0.25, -0.2) is 4.98 Å². The van der Waals surface area contributed by atoms with Gasteiger partial charge in [0.2, 0.25) is 0 Å². The fourth-order valence-electron chi connectivity index (χ4n) is 2.60. The fraction of sp³-hybridized carbons (Fsp3) is 0.643. The molecule has 1 fully saturated rings. The number of hydrogen-bond donors (Lipinski definition) is 2. The first-order chi connectivity index (χ1) is 8.70. The molecule has 1 saturated carbocycles. The van der Waals surface area contributed by atoms with Gasteiger partial charge in [-0.1, -0.05) is 19.3 Å². The Bertz CT molecular complexity index is 397. The Morgan fingerprint density at radius 3 is 2.89 bits per heavy atom. The summed E-state index contributed by atoms with van der Waals surface area (Å²) in [6.45, 7) is 2.33. The van der Waals surface area contributed by atoms with Crippen molar-refractivity contribution in [2.45, 2.75) is 45.1 Å². The molecule has 1 aliphatic rings. The van der Waals surface area contributed by atoms with Gasteiger partial charge in [-0.15, -0.1) is 0 Å². The lowest BCUT2D eigenvalue weighted by Crippen LogP contribution is -2.31. The summed E-state index contributed by atoms with van der Waals surface area (Å²) in [6.07, 6.45) is 7.83. The predicted molar refractivity (Wildman–Crippen MR) is 77.7 cm³/mol. The van der Waals surface area contributed by atoms with Crippen molar-refractivity contribution in [2.24, 2.45) is 5.92 Å². The maximum Gasteiger partial charge on any atom is 0.126 e. The molecule has 2 N–H and O–H groups in total. The Morgan fingerprint density at radius 1 is 1.39 bits per heavy atom. The van der Waals surface area contributed by atoms with Crippen molar-refractivity contribution in [2.75, 3.05) is 11.9 Å². The summed E-state index contributed by atoms with van der Waals surface area (Å²) in [5.41, 5.74) is 1.18. The third kappa shape index (κ3) is 3.45. The standard InChI is InChI=1S/C14H21BrN2O/c1-10-7-14(16-8-12(10)15)17-13-6-4-2-3-5-11(13)9-18/h7-8,11,13,18H,2-6,9H2,1H3,(H,16,17). The van der Waals surface area contributed by atoms with E-state index in [-0.39, 0.29) is 6.61 Å². The van der Waals surface area contributed by atoms with Gasteiger partial charge in [0, 0.05) is 29.2 Å². The molecule has 18 heavy (non-hydrogen) atoms. The molecule has 1 aromatic rings. The maximum atomic E-state index is 9.50. The molecule has 0 saturated heterocycles. The van der Waals surface area contributed by atoms with Crippen LogP contribution >= 0.6 is 15.9 Å². The average molecular weight is 313 g/mol. The number of rotatable bonds is 3. The largest absolute Gasteiger partial charge is 0.396 e. The number of pyridine rings is 1. The van der Waals surface area contributed by atoms with Gasteiger partial charge in [0.05, 0.1) is 0 Å². The summed E-state index contributed by atoms with van der Waals surface area (Å²) in [5, 5.41) is 13.0. The number of anilines is 1. The van der Waals surface area contributed by atoms with Crippen molar-refractivity contribution in [3.05, 3.63) is 22.3 Å². The van der Waals surface area contributed by atoms with Gasteiger partial charge in [-0.2, -0.15) is 0 Å². The average Bonchev–Trinajstić information content (AvgIpc) is 2.59. The normalized spacial score (nSPS) is 24.6. The Morgan fingerprint density at radius 2 is 2.17 bits per heavy atom. The van der Waals surface area contributed by atoms with Crippen LogP contribution < -0.4 is 5.32 Å². The quantitative estimate of drug-likeness (QED) is 0.840. The number of aromatic nitrogens is 1. The molecule has 0 bridgehead atoms. The molecule has 1 aromatic heterocycles. The van der Waals surface area contributed by atoms with Gasteiger partial charge in [0.25, 0.3) is 0 Å². The van der Waals surface area contributed by atoms with Crippen LogP contribution in [-0.2, 0) is 0 Å². The maximum absolute atomic E-state index is 9.50. The van der Waals surface area contributed by atoms with Crippen molar-refractivity contribution in [1.82, 2.24) is 4.98 Å². The molecule has 0 aromatic carbocycles. The van der Waals surface area contributed by atoms with Crippen LogP contribution in [0.1, 0.15) is 37.7 Å². The molecule has 2 atom stereocenters. The molecule has 1 heterocycles. The lowest BCUT2D eigenvalue weighted by molar-refractivity contribution is 0.203. The fourth-order valence-corrected chi connectivity index (χ4v) is 2.82. The molecule has 100 valence electrons. The smallest absolute Gasteiger partial charge is 0.126 e. The third-order valence-corrected chi connectivity index (χ3v) is 4.60. The van der Waals surface area contributed by atoms with Gasteiger partial charge in [0.15, 0.2) is 0 Å². The van der Waals surface area contributed by atoms with Crippen LogP contribution in [0.15, 0.2) is 16.7 Å². The number of halogens is 1. The Kier molecular flexibility index (Phi) is 5.01. The van der Waals surface area contributed by atoms with E-state index in [4.69, 9.17) is 0 Å². The monoisotopic (exact) mass is 312 g/mol. The van der Waals surface area contributed by atoms with Crippen LogP contribution in [0.25, 0.3) is 0 Å². The SMILES string of the molecule is Cc1cc(NC2CCCCCC2CO)ncc1Br. The highest BCUT2D eigenvalue weighted by molar-refractivity contribution is 9.10. The van der Waals surface area contributed by atoms with Gasteiger partial charge >= 0.3 is 0 Å². The number of nitrogens with one attached hydrogen (secondary N) is 1. The summed E-state index contributed by atoms with van der Waals surface area (Å²) in [5.74, 6) is 1.28. The number of aliphatic hydroxyl groups is 1. The van der Waals surface area contributed by atoms with Crippen LogP contribution in [0.2, 0.25) is 0 Å². The van der Waals surface area contributed by atoms with Gasteiger partial charge in [-0.05, 0) is 47.3 Å². The molecule has 0 radical (unpaired) electrons. The molecule has 2 unspecified atom stereocenters. The molecule has 0 spiro atoms. The van der Waals surface area contributed by atoms with Crippen molar-refractivity contribution < 1.29 is 5.11 Å². The minimum absolute atomic E-state index is 0.271. The molecular formula is C14H21BrN2O. The summed E-state index contributed by atoms with van der Waals surface area (Å²) in [7, 11) is 0. The topological polar surface area (TPSA) is 45.1 Å². The molecule has 4 heteroatoms. The summed E-state index contributed by atoms with van der Waals surface area (Å²) < 4.78 is 1.03. The van der Waals surface area contributed by atoms with E-state index in [1.807, 2.05) is 6.20 Å². The summed E-state index contributed by atoms with van der Waals surface area (Å²) in [4.78, 5) is 4.39. The number of nitrogens with zero attached hydrogens (tertiary/aromatic N) is 1. The van der Waals surface area contributed by atoms with E-state index >= 15 is 0 Å². The zero-order chi connectivity index (χ0) is 13.0. The Hall–Kier alpha value is -0.610. The first kappa shape index (κ1) is 13.8. The van der Waals surface area contributed by atoms with E-state index in [0.717, 1.165) is 23.1 Å². The second kappa shape index (κ2) is 6.53. The zero-order valence-corrected chi connectivity index (χ0v) is 12.4. The molecule has 0 aliphatic heterocycles. The van der Waals surface area contributed by atoms with Crippen LogP contribution in [0, 0.1) is 12.8 Å². The number of hydrogen-bond acceptors (Lipinski definition) is 3. The molecular weight excluding hydrogens is 292 g/mol. The van der Waals surface area contributed by atoms with E-state index < -0.39 is 0 Å². The van der Waals surface area contributed by atoms with Gasteiger partial charge in [-0.3, -0.25) is 0 Å². The number of aryl methyl sites for hydroxylation is 1. The van der Waals surface area contributed by atoms with E-state index in [0.29, 0.717) is 12.0 Å². The van der Waals surface area contributed by atoms with Crippen molar-refractivity contribution in [3.8, 4) is 0 Å². The lowest BCUT2D eigenvalue weighted by Gasteiger charge is -2.25. The third-order valence-electron chi connectivity index (χ3n) is 3.77. The van der Waals surface area contributed by atoms with E-state index in [9.17, 15) is 5.11 Å². The van der Waals surface area contributed by atoms with Gasteiger partial charge in [0.1, 0.15) is 5.82 Å². The Balaban J connectivity index is 2.07. The lowest BCUT2D eigenvalue weighted by atomic mass is 9.95. The summed E-state index contributed by atoms with van der Waals surface area (Å²) >= 11 is 3.46. The molecule has 1 aliphatic carbocycles. The van der Waals surface area contributed by atoms with E-state index in [1.54, 1.807) is 0 Å². The summed E-state index contributed by atoms with van der Waals surface area (Å²) in [6, 6.07) is 2.41. The van der Waals surface area contributed by atoms with E-state index in [1.165, 1.54) is 24.8 Å². The minimum atomic E-state index is 0.271. The highest BCUT2D eigenvalue weighted by Gasteiger charge is 2.23. The zero-order valence-electron chi connectivity index (χ0n) is 10.8. The minimum Gasteiger partial charge on any atom is -0.396 e. The second-order valence-electron chi connectivity index (χ2n) is 5.15. The van der Waals surface area contributed by atoms with Crippen LogP contribution in [0.3, 0.4) is 0 Å². The highest BCUT2D eigenvalue weighted by Crippen LogP contribution is 2.26. The second-order valence-corrected chi connectivity index (χ2v) is 6.00. The molecule has 0 amide bonds. The first-order valence-electron chi connectivity index (χ1n) is 6.70. The number of aliphatic hydroxyl groups excluding tert-OH is 1. The van der Waals surface area contributed by atoms with E-state index in [2.05, 4.69) is 39.2 Å². The Labute approximate surface area is 117 Å². The van der Waals surface area contributed by atoms with Crippen molar-refractivity contribution in [3.63, 3.8) is 0 Å². The van der Waals surface area contributed by atoms with Crippen LogP contribution in [0.5, 0.6) is 0 Å². The first-order valence-corrected chi connectivity index (χ1v) is 7.49. The van der Waals surface area contributed by atoms with Crippen molar-refractivity contribution >= 4 is 21.7 Å². The van der Waals surface area contributed by atoms with Gasteiger partial charge < -0.3 is 10.4 Å². The molecule has 3 nitrogen and oxygen atoms in total. The van der Waals surface area contributed by atoms with Crippen LogP contribution in [0.4, 0.5) is 5.82 Å². The van der Waals surface area contributed by atoms with Crippen LogP contribution in [-0.4, -0.2) is 22.7 Å². The predicted octanol–water partition coefficient (Wildman–Crippen LogP) is 3.51. The molecule has 2 rings (SSSR count).